The van der Waals surface area contributed by atoms with E-state index in [2.05, 4.69) is 427 Å². The fourth-order valence-electron chi connectivity index (χ4n) is 15.0. The highest BCUT2D eigenvalue weighted by Gasteiger charge is 2.19. The fourth-order valence-corrected chi connectivity index (χ4v) is 15.3. The maximum atomic E-state index is 3.50. The van der Waals surface area contributed by atoms with Crippen molar-refractivity contribution in [1.29, 1.82) is 0 Å². The molecule has 0 atom stereocenters. The zero-order chi connectivity index (χ0) is 68.6. The molecule has 20 aromatic rings. The lowest BCUT2D eigenvalue weighted by Gasteiger charge is -2.26. The molecule has 4 aromatic heterocycles. The molecular weight excluding hydrogens is 1320 g/mol. The molecule has 1 N–H and O–H groups in total. The number of hydrogen-bond acceptors (Lipinski definition) is 2. The number of hydrogen-bond donors (Lipinski definition) is 1. The van der Waals surface area contributed by atoms with Crippen molar-refractivity contribution in [2.24, 2.45) is 0 Å². The molecule has 0 aliphatic heterocycles. The molecule has 0 spiro atoms. The molecule has 4 heterocycles. The Kier molecular flexibility index (Phi) is 16.4. The van der Waals surface area contributed by atoms with E-state index in [1.165, 1.54) is 127 Å². The SMILES string of the molecule is Brc1ccc(-n2c3ccccc3c3ccccc32)cc1.c1ccc(N(c2ccc(-c3ccc4c(c3)c3ccccc3n4-c3ccccc3)cc2)c2ccc(-n3c4ccccc4c4ccccc43)cc2)cc1.c1ccc(Nc2ccc(-c3ccc4c(c3)c3ccccc3n4-c3ccccc3)cc2)cc1. The van der Waals surface area contributed by atoms with Crippen molar-refractivity contribution in [3.05, 3.63) is 405 Å². The van der Waals surface area contributed by atoms with Gasteiger partial charge in [0.25, 0.3) is 0 Å². The second kappa shape index (κ2) is 27.1. The van der Waals surface area contributed by atoms with Crippen LogP contribution in [0, 0.1) is 0 Å². The highest BCUT2D eigenvalue weighted by atomic mass is 79.9. The molecule has 0 saturated heterocycles. The molecule has 16 aromatic carbocycles. The van der Waals surface area contributed by atoms with Gasteiger partial charge in [-0.3, -0.25) is 0 Å². The number of anilines is 5. The second-order valence-electron chi connectivity index (χ2n) is 25.9. The normalized spacial score (nSPS) is 11.3. The Morgan fingerprint density at radius 2 is 0.447 bits per heavy atom. The van der Waals surface area contributed by atoms with E-state index in [9.17, 15) is 0 Å². The maximum Gasteiger partial charge on any atom is 0.0541 e. The van der Waals surface area contributed by atoms with Crippen LogP contribution in [0.3, 0.4) is 0 Å². The number of aromatic nitrogens is 4. The molecule has 0 amide bonds. The summed E-state index contributed by atoms with van der Waals surface area (Å²) in [5.74, 6) is 0. The number of fused-ring (bicyclic) bond motifs is 12. The number of para-hydroxylation sites is 10. The van der Waals surface area contributed by atoms with Crippen molar-refractivity contribution in [2.45, 2.75) is 0 Å². The standard InChI is InChI=1S/C48H33N3.C30H22N2.C18H12BrN/c1-3-13-36(14-4-1)49(39-28-30-40(31-29-39)51-45-20-10-7-17-41(45)42-18-8-11-21-46(42)51)38-26-23-34(24-27-38)35-25-32-48-44(33-35)43-19-9-12-22-47(43)50(48)37-15-5-2-6-16-37;1-3-9-24(10-4-1)31-25-18-15-22(16-19-25)23-17-20-30-28(21-23)27-13-7-8-14-29(27)32(30)26-11-5-2-6-12-26;19-13-9-11-14(12-10-13)20-17-7-3-1-5-15(17)16-6-2-4-8-18(16)20/h1-33H;1-21,31H;1-12H. The van der Waals surface area contributed by atoms with Crippen LogP contribution >= 0.6 is 15.9 Å². The first-order valence-electron chi connectivity index (χ1n) is 34.9. The number of nitrogens with zero attached hydrogens (tertiary/aromatic N) is 5. The van der Waals surface area contributed by atoms with Crippen LogP contribution in [0.25, 0.3) is 132 Å². The first-order chi connectivity index (χ1) is 51.0. The van der Waals surface area contributed by atoms with Crippen molar-refractivity contribution in [2.75, 3.05) is 10.2 Å². The van der Waals surface area contributed by atoms with Gasteiger partial charge >= 0.3 is 0 Å². The fraction of sp³-hybridized carbons (Fsp3) is 0. The summed E-state index contributed by atoms with van der Waals surface area (Å²) in [5.41, 5.74) is 24.8. The Balaban J connectivity index is 0.000000123. The van der Waals surface area contributed by atoms with E-state index >= 15 is 0 Å². The van der Waals surface area contributed by atoms with Gasteiger partial charge in [0.2, 0.25) is 0 Å². The Morgan fingerprint density at radius 1 is 0.194 bits per heavy atom. The Bertz CT molecular complexity index is 6310. The summed E-state index contributed by atoms with van der Waals surface area (Å²) in [7, 11) is 0. The molecule has 0 aliphatic rings. The zero-order valence-electron chi connectivity index (χ0n) is 56.2. The summed E-state index contributed by atoms with van der Waals surface area (Å²) in [6, 6.07) is 142. The molecule has 103 heavy (non-hydrogen) atoms. The highest BCUT2D eigenvalue weighted by molar-refractivity contribution is 9.10. The third kappa shape index (κ3) is 11.7. The van der Waals surface area contributed by atoms with Crippen molar-refractivity contribution in [1.82, 2.24) is 18.3 Å². The minimum atomic E-state index is 1.08. The lowest BCUT2D eigenvalue weighted by atomic mass is 10.0. The first kappa shape index (κ1) is 62.1. The summed E-state index contributed by atoms with van der Waals surface area (Å²) >= 11 is 3.50. The molecular formula is C96H67BrN6. The number of benzene rings is 16. The zero-order valence-corrected chi connectivity index (χ0v) is 57.8. The minimum Gasteiger partial charge on any atom is -0.356 e. The lowest BCUT2D eigenvalue weighted by molar-refractivity contribution is 1.17. The third-order valence-corrected chi connectivity index (χ3v) is 20.3. The van der Waals surface area contributed by atoms with E-state index in [-0.39, 0.29) is 0 Å². The second-order valence-corrected chi connectivity index (χ2v) is 26.8. The van der Waals surface area contributed by atoms with Gasteiger partial charge in [-0.25, -0.2) is 0 Å². The molecule has 0 saturated carbocycles. The van der Waals surface area contributed by atoms with Gasteiger partial charge < -0.3 is 28.5 Å². The van der Waals surface area contributed by atoms with Crippen LogP contribution in [0.2, 0.25) is 0 Å². The summed E-state index contributed by atoms with van der Waals surface area (Å²) < 4.78 is 10.5. The molecule has 0 unspecified atom stereocenters. The largest absolute Gasteiger partial charge is 0.356 e. The van der Waals surface area contributed by atoms with Crippen molar-refractivity contribution in [3.63, 3.8) is 0 Å². The first-order valence-corrected chi connectivity index (χ1v) is 35.7. The Hall–Kier alpha value is -13.2. The van der Waals surface area contributed by atoms with E-state index in [1.54, 1.807) is 0 Å². The van der Waals surface area contributed by atoms with Gasteiger partial charge in [0.15, 0.2) is 0 Å². The Morgan fingerprint density at radius 3 is 0.825 bits per heavy atom. The molecule has 0 bridgehead atoms. The summed E-state index contributed by atoms with van der Waals surface area (Å²) in [6.45, 7) is 0. The van der Waals surface area contributed by atoms with Gasteiger partial charge in [-0.05, 0) is 204 Å². The average Bonchev–Trinajstić information content (AvgIpc) is 1.60. The quantitative estimate of drug-likeness (QED) is 0.140. The van der Waals surface area contributed by atoms with E-state index in [0.29, 0.717) is 0 Å². The van der Waals surface area contributed by atoms with Gasteiger partial charge in [-0.15, -0.1) is 0 Å². The number of rotatable bonds is 11. The van der Waals surface area contributed by atoms with E-state index in [4.69, 9.17) is 0 Å². The van der Waals surface area contributed by atoms with Crippen molar-refractivity contribution >= 4 is 132 Å². The smallest absolute Gasteiger partial charge is 0.0541 e. The topological polar surface area (TPSA) is 35.0 Å². The van der Waals surface area contributed by atoms with Gasteiger partial charge in [-0.1, -0.05) is 234 Å². The molecule has 0 radical (unpaired) electrons. The van der Waals surface area contributed by atoms with Crippen LogP contribution in [-0.4, -0.2) is 18.3 Å². The molecule has 20 rings (SSSR count). The molecule has 0 fully saturated rings. The molecule has 7 heteroatoms. The maximum absolute atomic E-state index is 3.50. The lowest BCUT2D eigenvalue weighted by Crippen LogP contribution is -2.10. The van der Waals surface area contributed by atoms with E-state index in [1.807, 2.05) is 18.2 Å². The van der Waals surface area contributed by atoms with Crippen LogP contribution in [0.15, 0.2) is 405 Å². The van der Waals surface area contributed by atoms with Crippen LogP contribution in [-0.2, 0) is 0 Å². The van der Waals surface area contributed by atoms with Crippen LogP contribution in [0.1, 0.15) is 0 Å². The van der Waals surface area contributed by atoms with Crippen molar-refractivity contribution in [3.8, 4) is 45.0 Å². The van der Waals surface area contributed by atoms with Crippen LogP contribution in [0.5, 0.6) is 0 Å². The van der Waals surface area contributed by atoms with Gasteiger partial charge in [-0.2, -0.15) is 0 Å². The highest BCUT2D eigenvalue weighted by Crippen LogP contribution is 2.42. The van der Waals surface area contributed by atoms with Crippen molar-refractivity contribution < 1.29 is 0 Å². The predicted octanol–water partition coefficient (Wildman–Crippen LogP) is 26.8. The summed E-state index contributed by atoms with van der Waals surface area (Å²) in [4.78, 5) is 2.33. The van der Waals surface area contributed by atoms with Crippen LogP contribution in [0.4, 0.5) is 28.4 Å². The minimum absolute atomic E-state index is 1.08. The van der Waals surface area contributed by atoms with Crippen LogP contribution < -0.4 is 10.2 Å². The van der Waals surface area contributed by atoms with Gasteiger partial charge in [0.05, 0.1) is 44.1 Å². The average molecular weight is 1380 g/mol. The predicted molar refractivity (Wildman–Crippen MR) is 440 cm³/mol. The number of nitrogens with one attached hydrogen (secondary N) is 1. The van der Waals surface area contributed by atoms with E-state index in [0.717, 1.165) is 38.6 Å². The summed E-state index contributed by atoms with van der Waals surface area (Å²) in [6.07, 6.45) is 0. The number of halogens is 1. The Labute approximate surface area is 605 Å². The molecule has 488 valence electrons. The van der Waals surface area contributed by atoms with Gasteiger partial charge in [0.1, 0.15) is 0 Å². The molecule has 0 aliphatic carbocycles. The van der Waals surface area contributed by atoms with Gasteiger partial charge in [0, 0.05) is 98.7 Å². The molecule has 6 nitrogen and oxygen atoms in total. The van der Waals surface area contributed by atoms with E-state index < -0.39 is 0 Å². The summed E-state index contributed by atoms with van der Waals surface area (Å²) in [5, 5.41) is 13.6. The monoisotopic (exact) mass is 1380 g/mol. The third-order valence-electron chi connectivity index (χ3n) is 19.7.